The monoisotopic (exact) mass is 211 g/mol. The van der Waals surface area contributed by atoms with E-state index in [0.717, 1.165) is 0 Å². The standard InChI is InChI=1S/C12H21NS/c1-13(2)9-6-4-3-5-7-12-8-10-14-11-12/h8,10-11H,3-7,9H2,1-2H3. The molecule has 1 aromatic rings. The van der Waals surface area contributed by atoms with Gasteiger partial charge in [-0.3, -0.25) is 0 Å². The molecule has 0 unspecified atom stereocenters. The van der Waals surface area contributed by atoms with E-state index in [4.69, 9.17) is 0 Å². The van der Waals surface area contributed by atoms with Crippen LogP contribution in [0.1, 0.15) is 31.2 Å². The lowest BCUT2D eigenvalue weighted by atomic mass is 10.1. The van der Waals surface area contributed by atoms with Gasteiger partial charge in [-0.1, -0.05) is 12.8 Å². The Morgan fingerprint density at radius 2 is 1.93 bits per heavy atom. The molecule has 1 rings (SSSR count). The summed E-state index contributed by atoms with van der Waals surface area (Å²) in [6.45, 7) is 1.23. The van der Waals surface area contributed by atoms with Gasteiger partial charge in [-0.15, -0.1) is 0 Å². The lowest BCUT2D eigenvalue weighted by Gasteiger charge is -2.08. The Kier molecular flexibility index (Phi) is 5.88. The van der Waals surface area contributed by atoms with Gasteiger partial charge in [-0.05, 0) is 62.3 Å². The summed E-state index contributed by atoms with van der Waals surface area (Å²) in [6, 6.07) is 2.24. The van der Waals surface area contributed by atoms with Crippen molar-refractivity contribution in [3.05, 3.63) is 22.4 Å². The quantitative estimate of drug-likeness (QED) is 0.625. The second-order valence-electron chi connectivity index (χ2n) is 4.10. The number of nitrogens with zero attached hydrogens (tertiary/aromatic N) is 1. The number of aryl methyl sites for hydroxylation is 1. The Balaban J connectivity index is 1.90. The second kappa shape index (κ2) is 7.02. The molecule has 0 saturated carbocycles. The van der Waals surface area contributed by atoms with Gasteiger partial charge >= 0.3 is 0 Å². The van der Waals surface area contributed by atoms with Crippen LogP contribution in [0.4, 0.5) is 0 Å². The minimum absolute atomic E-state index is 1.23. The van der Waals surface area contributed by atoms with Gasteiger partial charge < -0.3 is 4.90 Å². The molecule has 0 radical (unpaired) electrons. The zero-order valence-electron chi connectivity index (χ0n) is 9.33. The smallest absolute Gasteiger partial charge is 0.00248 e. The van der Waals surface area contributed by atoms with Crippen LogP contribution in [0.15, 0.2) is 16.8 Å². The van der Waals surface area contributed by atoms with Crippen molar-refractivity contribution < 1.29 is 0 Å². The van der Waals surface area contributed by atoms with Crippen molar-refractivity contribution in [2.75, 3.05) is 20.6 Å². The first-order chi connectivity index (χ1) is 6.79. The van der Waals surface area contributed by atoms with E-state index in [-0.39, 0.29) is 0 Å². The average molecular weight is 211 g/mol. The topological polar surface area (TPSA) is 3.24 Å². The van der Waals surface area contributed by atoms with E-state index in [1.165, 1.54) is 44.2 Å². The molecule has 1 nitrogen and oxygen atoms in total. The zero-order chi connectivity index (χ0) is 10.2. The maximum atomic E-state index is 2.26. The summed E-state index contributed by atoms with van der Waals surface area (Å²) >= 11 is 1.81. The van der Waals surface area contributed by atoms with Crippen LogP contribution in [0.3, 0.4) is 0 Å². The second-order valence-corrected chi connectivity index (χ2v) is 4.88. The Labute approximate surface area is 91.8 Å². The van der Waals surface area contributed by atoms with Crippen LogP contribution in [-0.4, -0.2) is 25.5 Å². The lowest BCUT2D eigenvalue weighted by molar-refractivity contribution is 0.390. The van der Waals surface area contributed by atoms with E-state index < -0.39 is 0 Å². The third kappa shape index (κ3) is 5.40. The van der Waals surface area contributed by atoms with E-state index in [2.05, 4.69) is 35.8 Å². The Morgan fingerprint density at radius 3 is 2.57 bits per heavy atom. The number of hydrogen-bond donors (Lipinski definition) is 0. The fourth-order valence-corrected chi connectivity index (χ4v) is 2.25. The first kappa shape index (κ1) is 11.7. The van der Waals surface area contributed by atoms with Crippen LogP contribution in [0.5, 0.6) is 0 Å². The van der Waals surface area contributed by atoms with Crippen LogP contribution < -0.4 is 0 Å². The van der Waals surface area contributed by atoms with Crippen molar-refractivity contribution in [2.24, 2.45) is 0 Å². The molecule has 0 fully saturated rings. The first-order valence-electron chi connectivity index (χ1n) is 5.45. The minimum Gasteiger partial charge on any atom is -0.309 e. The predicted octanol–water partition coefficient (Wildman–Crippen LogP) is 3.41. The molecule has 14 heavy (non-hydrogen) atoms. The van der Waals surface area contributed by atoms with Crippen LogP contribution >= 0.6 is 11.3 Å². The molecule has 80 valence electrons. The molecule has 0 saturated heterocycles. The maximum Gasteiger partial charge on any atom is -0.00248 e. The molecule has 0 aromatic carbocycles. The summed E-state index contributed by atoms with van der Waals surface area (Å²) in [7, 11) is 4.29. The first-order valence-corrected chi connectivity index (χ1v) is 6.39. The average Bonchev–Trinajstić information content (AvgIpc) is 2.63. The van der Waals surface area contributed by atoms with Gasteiger partial charge in [0.25, 0.3) is 0 Å². The lowest BCUT2D eigenvalue weighted by Crippen LogP contribution is -2.12. The summed E-state index contributed by atoms with van der Waals surface area (Å²) in [5.41, 5.74) is 1.52. The van der Waals surface area contributed by atoms with Gasteiger partial charge in [-0.25, -0.2) is 0 Å². The molecule has 0 bridgehead atoms. The highest BCUT2D eigenvalue weighted by atomic mass is 32.1. The van der Waals surface area contributed by atoms with Gasteiger partial charge in [0.2, 0.25) is 0 Å². The summed E-state index contributed by atoms with van der Waals surface area (Å²) in [5, 5.41) is 4.43. The molecule has 2 heteroatoms. The van der Waals surface area contributed by atoms with Crippen molar-refractivity contribution in [1.29, 1.82) is 0 Å². The van der Waals surface area contributed by atoms with E-state index >= 15 is 0 Å². The minimum atomic E-state index is 1.23. The molecule has 0 amide bonds. The van der Waals surface area contributed by atoms with Crippen molar-refractivity contribution in [2.45, 2.75) is 32.1 Å². The molecular formula is C12H21NS. The van der Waals surface area contributed by atoms with E-state index in [1.54, 1.807) is 11.3 Å². The molecule has 0 aliphatic rings. The molecule has 0 aliphatic carbocycles. The van der Waals surface area contributed by atoms with E-state index in [9.17, 15) is 0 Å². The highest BCUT2D eigenvalue weighted by Crippen LogP contribution is 2.11. The highest BCUT2D eigenvalue weighted by molar-refractivity contribution is 7.07. The molecule has 0 aliphatic heterocycles. The SMILES string of the molecule is CN(C)CCCCCCc1ccsc1. The fourth-order valence-electron chi connectivity index (χ4n) is 1.55. The van der Waals surface area contributed by atoms with Crippen LogP contribution in [-0.2, 0) is 6.42 Å². The predicted molar refractivity (Wildman–Crippen MR) is 65.0 cm³/mol. The van der Waals surface area contributed by atoms with Gasteiger partial charge in [0.05, 0.1) is 0 Å². The zero-order valence-corrected chi connectivity index (χ0v) is 10.1. The van der Waals surface area contributed by atoms with Crippen LogP contribution in [0.2, 0.25) is 0 Å². The number of rotatable bonds is 7. The van der Waals surface area contributed by atoms with Gasteiger partial charge in [0.1, 0.15) is 0 Å². The number of unbranched alkanes of at least 4 members (excludes halogenated alkanes) is 3. The van der Waals surface area contributed by atoms with Gasteiger partial charge in [0.15, 0.2) is 0 Å². The van der Waals surface area contributed by atoms with Crippen molar-refractivity contribution in [1.82, 2.24) is 4.90 Å². The van der Waals surface area contributed by atoms with Crippen molar-refractivity contribution in [3.63, 3.8) is 0 Å². The largest absolute Gasteiger partial charge is 0.309 e. The van der Waals surface area contributed by atoms with Crippen LogP contribution in [0.25, 0.3) is 0 Å². The summed E-state index contributed by atoms with van der Waals surface area (Å²) in [6.07, 6.45) is 6.72. The molecular weight excluding hydrogens is 190 g/mol. The third-order valence-electron chi connectivity index (χ3n) is 2.40. The van der Waals surface area contributed by atoms with E-state index in [1.807, 2.05) is 0 Å². The molecule has 0 N–H and O–H groups in total. The Hall–Kier alpha value is -0.340. The summed E-state index contributed by atoms with van der Waals surface area (Å²) in [5.74, 6) is 0. The van der Waals surface area contributed by atoms with Crippen LogP contribution in [0, 0.1) is 0 Å². The fraction of sp³-hybridized carbons (Fsp3) is 0.667. The number of hydrogen-bond acceptors (Lipinski definition) is 2. The summed E-state index contributed by atoms with van der Waals surface area (Å²) in [4.78, 5) is 2.26. The van der Waals surface area contributed by atoms with Gasteiger partial charge in [-0.2, -0.15) is 11.3 Å². The number of thiophene rings is 1. The molecule has 1 aromatic heterocycles. The summed E-state index contributed by atoms with van der Waals surface area (Å²) < 4.78 is 0. The Bertz CT molecular complexity index is 216. The third-order valence-corrected chi connectivity index (χ3v) is 3.13. The normalized spacial score (nSPS) is 11.1. The molecule has 1 heterocycles. The Morgan fingerprint density at radius 1 is 1.14 bits per heavy atom. The van der Waals surface area contributed by atoms with E-state index in [0.29, 0.717) is 0 Å². The van der Waals surface area contributed by atoms with Crippen molar-refractivity contribution >= 4 is 11.3 Å². The molecule has 0 atom stereocenters. The maximum absolute atomic E-state index is 2.26. The molecule has 0 spiro atoms. The highest BCUT2D eigenvalue weighted by Gasteiger charge is 1.94. The van der Waals surface area contributed by atoms with Crippen molar-refractivity contribution in [3.8, 4) is 0 Å². The van der Waals surface area contributed by atoms with Gasteiger partial charge in [0, 0.05) is 0 Å².